The highest BCUT2D eigenvalue weighted by molar-refractivity contribution is 6.65. The van der Waals surface area contributed by atoms with Gasteiger partial charge < -0.3 is 14.0 Å². The molecule has 2 heterocycles. The monoisotopic (exact) mass is 323 g/mol. The molecular formula is C16H23BClNO3. The summed E-state index contributed by atoms with van der Waals surface area (Å²) in [6, 6.07) is 1.84. The first-order valence-corrected chi connectivity index (χ1v) is 8.35. The molecule has 1 aliphatic heterocycles. The molecule has 1 saturated heterocycles. The van der Waals surface area contributed by atoms with Gasteiger partial charge >= 0.3 is 7.12 Å². The van der Waals surface area contributed by atoms with Crippen molar-refractivity contribution < 1.29 is 14.0 Å². The van der Waals surface area contributed by atoms with Gasteiger partial charge in [-0.2, -0.15) is 0 Å². The predicted octanol–water partition coefficient (Wildman–Crippen LogP) is 3.36. The Morgan fingerprint density at radius 2 is 1.77 bits per heavy atom. The maximum atomic E-state index is 6.51. The molecule has 0 bridgehead atoms. The molecule has 1 aromatic rings. The first-order chi connectivity index (χ1) is 10.3. The van der Waals surface area contributed by atoms with E-state index in [1.165, 1.54) is 12.8 Å². The van der Waals surface area contributed by atoms with Crippen LogP contribution in [0.5, 0.6) is 5.88 Å². The van der Waals surface area contributed by atoms with Gasteiger partial charge in [-0.1, -0.05) is 11.6 Å². The molecule has 6 heteroatoms. The molecule has 120 valence electrons. The van der Waals surface area contributed by atoms with Crippen molar-refractivity contribution >= 4 is 24.2 Å². The van der Waals surface area contributed by atoms with Crippen molar-refractivity contribution in [2.75, 3.05) is 0 Å². The van der Waals surface area contributed by atoms with E-state index in [1.54, 1.807) is 6.20 Å². The maximum Gasteiger partial charge on any atom is 0.496 e. The predicted molar refractivity (Wildman–Crippen MR) is 87.8 cm³/mol. The number of hydrogen-bond donors (Lipinski definition) is 0. The molecule has 1 aromatic heterocycles. The van der Waals surface area contributed by atoms with Crippen molar-refractivity contribution in [1.29, 1.82) is 0 Å². The zero-order valence-electron chi connectivity index (χ0n) is 13.7. The Morgan fingerprint density at radius 1 is 1.18 bits per heavy atom. The van der Waals surface area contributed by atoms with Crippen molar-refractivity contribution in [2.24, 2.45) is 0 Å². The van der Waals surface area contributed by atoms with Gasteiger partial charge in [-0.25, -0.2) is 4.98 Å². The molecule has 0 spiro atoms. The second-order valence-corrected chi connectivity index (χ2v) is 7.51. The van der Waals surface area contributed by atoms with Gasteiger partial charge in [0.25, 0.3) is 0 Å². The summed E-state index contributed by atoms with van der Waals surface area (Å²) in [5, 5.41) is 0.493. The molecule has 2 fully saturated rings. The Hall–Kier alpha value is -0.775. The SMILES string of the molecule is CC1(C)OB(c2ccnc(OC3CCCC3)c2Cl)OC1(C)C. The van der Waals surface area contributed by atoms with Gasteiger partial charge in [-0.15, -0.1) is 0 Å². The van der Waals surface area contributed by atoms with Crippen molar-refractivity contribution in [3.8, 4) is 5.88 Å². The van der Waals surface area contributed by atoms with Crippen LogP contribution in [0.1, 0.15) is 53.4 Å². The van der Waals surface area contributed by atoms with E-state index in [2.05, 4.69) is 4.98 Å². The third-order valence-electron chi connectivity index (χ3n) is 4.97. The minimum atomic E-state index is -0.494. The van der Waals surface area contributed by atoms with Crippen molar-refractivity contribution in [1.82, 2.24) is 4.98 Å². The summed E-state index contributed by atoms with van der Waals surface area (Å²) in [7, 11) is -0.494. The highest BCUT2D eigenvalue weighted by atomic mass is 35.5. The van der Waals surface area contributed by atoms with Gasteiger partial charge in [-0.05, 0) is 59.4 Å². The first-order valence-electron chi connectivity index (χ1n) is 7.97. The average Bonchev–Trinajstić information content (AvgIpc) is 2.99. The Kier molecular flexibility index (Phi) is 4.17. The molecule has 0 N–H and O–H groups in total. The third kappa shape index (κ3) is 2.86. The van der Waals surface area contributed by atoms with Crippen LogP contribution in [-0.4, -0.2) is 29.4 Å². The molecule has 3 rings (SSSR count). The van der Waals surface area contributed by atoms with E-state index in [9.17, 15) is 0 Å². The number of ether oxygens (including phenoxy) is 1. The van der Waals surface area contributed by atoms with Crippen LogP contribution in [-0.2, 0) is 9.31 Å². The van der Waals surface area contributed by atoms with Crippen LogP contribution in [0.25, 0.3) is 0 Å². The van der Waals surface area contributed by atoms with Gasteiger partial charge in [0.15, 0.2) is 0 Å². The largest absolute Gasteiger partial charge is 0.496 e. The van der Waals surface area contributed by atoms with Gasteiger partial charge in [-0.3, -0.25) is 0 Å². The van der Waals surface area contributed by atoms with E-state index in [-0.39, 0.29) is 6.10 Å². The fourth-order valence-corrected chi connectivity index (χ4v) is 3.08. The summed E-state index contributed by atoms with van der Waals surface area (Å²) >= 11 is 6.51. The molecule has 22 heavy (non-hydrogen) atoms. The van der Waals surface area contributed by atoms with E-state index < -0.39 is 18.3 Å². The smallest absolute Gasteiger partial charge is 0.473 e. The summed E-state index contributed by atoms with van der Waals surface area (Å²) in [4.78, 5) is 4.28. The van der Waals surface area contributed by atoms with Crippen molar-refractivity contribution in [3.63, 3.8) is 0 Å². The van der Waals surface area contributed by atoms with E-state index >= 15 is 0 Å². The summed E-state index contributed by atoms with van der Waals surface area (Å²) in [5.74, 6) is 0.487. The average molecular weight is 324 g/mol. The van der Waals surface area contributed by atoms with Gasteiger partial charge in [0, 0.05) is 11.7 Å². The summed E-state index contributed by atoms with van der Waals surface area (Å²) in [6.07, 6.45) is 6.48. The van der Waals surface area contributed by atoms with Gasteiger partial charge in [0.05, 0.1) is 11.2 Å². The molecule has 0 amide bonds. The Bertz CT molecular complexity index is 542. The third-order valence-corrected chi connectivity index (χ3v) is 5.35. The van der Waals surface area contributed by atoms with Crippen LogP contribution in [0.2, 0.25) is 5.02 Å². The van der Waals surface area contributed by atoms with E-state index in [0.717, 1.165) is 18.3 Å². The fraction of sp³-hybridized carbons (Fsp3) is 0.688. The second kappa shape index (κ2) is 5.70. The molecule has 0 aromatic carbocycles. The normalized spacial score (nSPS) is 24.0. The summed E-state index contributed by atoms with van der Waals surface area (Å²) < 4.78 is 18.1. The molecule has 0 atom stereocenters. The fourth-order valence-electron chi connectivity index (χ4n) is 2.84. The quantitative estimate of drug-likeness (QED) is 0.800. The number of halogens is 1. The Morgan fingerprint density at radius 3 is 2.36 bits per heavy atom. The highest BCUT2D eigenvalue weighted by Crippen LogP contribution is 2.37. The Labute approximate surface area is 137 Å². The van der Waals surface area contributed by atoms with Crippen molar-refractivity contribution in [2.45, 2.75) is 70.7 Å². The van der Waals surface area contributed by atoms with Gasteiger partial charge in [0.1, 0.15) is 11.1 Å². The number of pyridine rings is 1. The van der Waals surface area contributed by atoms with Crippen LogP contribution in [0, 0.1) is 0 Å². The van der Waals surface area contributed by atoms with E-state index in [1.807, 2.05) is 33.8 Å². The molecule has 1 aliphatic carbocycles. The zero-order chi connectivity index (χ0) is 16.0. The molecule has 1 saturated carbocycles. The van der Waals surface area contributed by atoms with Crippen LogP contribution in [0.3, 0.4) is 0 Å². The molecular weight excluding hydrogens is 300 g/mol. The minimum Gasteiger partial charge on any atom is -0.473 e. The van der Waals surface area contributed by atoms with Crippen molar-refractivity contribution in [3.05, 3.63) is 17.3 Å². The first kappa shape index (κ1) is 16.1. The number of aromatic nitrogens is 1. The van der Waals surface area contributed by atoms with E-state index in [0.29, 0.717) is 10.9 Å². The summed E-state index contributed by atoms with van der Waals surface area (Å²) in [5.41, 5.74) is -0.00340. The number of nitrogens with zero attached hydrogens (tertiary/aromatic N) is 1. The van der Waals surface area contributed by atoms with Crippen LogP contribution >= 0.6 is 11.6 Å². The van der Waals surface area contributed by atoms with Crippen LogP contribution < -0.4 is 10.2 Å². The summed E-state index contributed by atoms with van der Waals surface area (Å²) in [6.45, 7) is 8.10. The highest BCUT2D eigenvalue weighted by Gasteiger charge is 2.52. The maximum absolute atomic E-state index is 6.51. The lowest BCUT2D eigenvalue weighted by molar-refractivity contribution is 0.00578. The Balaban J connectivity index is 1.83. The zero-order valence-corrected chi connectivity index (χ0v) is 14.4. The van der Waals surface area contributed by atoms with Gasteiger partial charge in [0.2, 0.25) is 5.88 Å². The second-order valence-electron chi connectivity index (χ2n) is 7.13. The lowest BCUT2D eigenvalue weighted by Gasteiger charge is -2.32. The topological polar surface area (TPSA) is 40.6 Å². The van der Waals surface area contributed by atoms with Crippen LogP contribution in [0.4, 0.5) is 0 Å². The number of rotatable bonds is 3. The molecule has 0 unspecified atom stereocenters. The number of hydrogen-bond acceptors (Lipinski definition) is 4. The lowest BCUT2D eigenvalue weighted by Crippen LogP contribution is -2.41. The molecule has 0 radical (unpaired) electrons. The minimum absolute atomic E-state index is 0.221. The van der Waals surface area contributed by atoms with E-state index in [4.69, 9.17) is 25.6 Å². The standard InChI is InChI=1S/C16H23BClNO3/c1-15(2)16(3,4)22-17(21-15)12-9-10-19-14(13(12)18)20-11-7-5-6-8-11/h9-11H,5-8H2,1-4H3. The molecule has 4 nitrogen and oxygen atoms in total. The molecule has 2 aliphatic rings. The lowest BCUT2D eigenvalue weighted by atomic mass is 9.79. The van der Waals surface area contributed by atoms with Crippen LogP contribution in [0.15, 0.2) is 12.3 Å².